The Labute approximate surface area is 425 Å². The van der Waals surface area contributed by atoms with Crippen LogP contribution in [0, 0.1) is 0 Å². The molecule has 0 aliphatic heterocycles. The molecule has 0 fully saturated rings. The van der Waals surface area contributed by atoms with Crippen molar-refractivity contribution in [3.8, 4) is 22.3 Å². The van der Waals surface area contributed by atoms with Gasteiger partial charge in [-0.2, -0.15) is 0 Å². The largest absolute Gasteiger partial charge is 0.310 e. The monoisotopic (exact) mass is 945 g/mol. The van der Waals surface area contributed by atoms with Gasteiger partial charge in [0.05, 0.1) is 16.7 Å². The van der Waals surface area contributed by atoms with Crippen molar-refractivity contribution in [1.29, 1.82) is 0 Å². The van der Waals surface area contributed by atoms with Gasteiger partial charge in [0.2, 0.25) is 0 Å². The summed E-state index contributed by atoms with van der Waals surface area (Å²) in [7, 11) is 0. The van der Waals surface area contributed by atoms with Crippen molar-refractivity contribution >= 4 is 104 Å². The fraction of sp³-hybridized carbons (Fsp3) is 0.118. The summed E-state index contributed by atoms with van der Waals surface area (Å²) in [5.74, 6) is 0. The van der Waals surface area contributed by atoms with E-state index in [1.807, 2.05) is 11.3 Å². The summed E-state index contributed by atoms with van der Waals surface area (Å²) >= 11 is 1.91. The molecule has 13 aromatic rings. The molecule has 0 radical (unpaired) electrons. The molecule has 4 heteroatoms. The Bertz CT molecular complexity index is 4120. The molecular weight excluding hydrogens is 891 g/mol. The third-order valence-electron chi connectivity index (χ3n) is 14.8. The number of thiophene rings is 1. The summed E-state index contributed by atoms with van der Waals surface area (Å²) in [5, 5.41) is 8.89. The maximum Gasteiger partial charge on any atom is 0.109 e. The second-order valence-corrected chi connectivity index (χ2v) is 22.5. The van der Waals surface area contributed by atoms with E-state index in [4.69, 9.17) is 0 Å². The highest BCUT2D eigenvalue weighted by molar-refractivity contribution is 7.26. The number of hydrogen-bond donors (Lipinski definition) is 0. The molecule has 0 saturated carbocycles. The van der Waals surface area contributed by atoms with Crippen LogP contribution in [0.3, 0.4) is 0 Å². The Hall–Kier alpha value is -8.18. The third-order valence-corrected chi connectivity index (χ3v) is 16.0. The van der Waals surface area contributed by atoms with E-state index in [1.165, 1.54) is 97.3 Å². The smallest absolute Gasteiger partial charge is 0.109 e. The average molecular weight is 946 g/mol. The summed E-state index contributed by atoms with van der Waals surface area (Å²) < 4.78 is 3.85. The van der Waals surface area contributed by atoms with Gasteiger partial charge in [0.15, 0.2) is 0 Å². The lowest BCUT2D eigenvalue weighted by Crippen LogP contribution is -2.13. The van der Waals surface area contributed by atoms with Crippen LogP contribution >= 0.6 is 11.3 Å². The maximum absolute atomic E-state index is 2.56. The standard InChI is InChI=1S/C68H55N3S/c1-67(2,3)50-26-35-53(36-27-50)69(52-30-21-46(22-31-52)44-15-9-7-10-16-44)56-34-25-48-42-59-62(43-49(48)41-56)72-66-63(59)58-39-40-61(64-57-19-13-14-20-60(57)71(66)65(58)64)70(55-37-28-51(29-38-55)68(4,5)6)54-32-23-47(24-33-54)45-17-11-8-12-18-45/h7-43H,1-6H3. The molecule has 3 nitrogen and oxygen atoms in total. The Morgan fingerprint density at radius 2 is 0.847 bits per heavy atom. The fourth-order valence-corrected chi connectivity index (χ4v) is 12.3. The molecule has 0 aliphatic carbocycles. The zero-order valence-corrected chi connectivity index (χ0v) is 42.4. The minimum Gasteiger partial charge on any atom is -0.310 e. The van der Waals surface area contributed by atoms with Crippen LogP contribution in [0.4, 0.5) is 34.1 Å². The Morgan fingerprint density at radius 1 is 0.361 bits per heavy atom. The van der Waals surface area contributed by atoms with E-state index >= 15 is 0 Å². The molecule has 0 aliphatic rings. The summed E-state index contributed by atoms with van der Waals surface area (Å²) in [4.78, 5) is 6.15. The van der Waals surface area contributed by atoms with Crippen LogP contribution in [0.5, 0.6) is 0 Å². The van der Waals surface area contributed by atoms with E-state index in [2.05, 4.69) is 280 Å². The molecule has 0 atom stereocenters. The van der Waals surface area contributed by atoms with Gasteiger partial charge in [0.25, 0.3) is 0 Å². The molecule has 0 unspecified atom stereocenters. The van der Waals surface area contributed by atoms with E-state index in [1.54, 1.807) is 0 Å². The van der Waals surface area contributed by atoms with Gasteiger partial charge >= 0.3 is 0 Å². The van der Waals surface area contributed by atoms with Crippen molar-refractivity contribution < 1.29 is 0 Å². The van der Waals surface area contributed by atoms with Crippen LogP contribution in [-0.4, -0.2) is 4.40 Å². The normalized spacial score (nSPS) is 12.3. The molecule has 0 spiro atoms. The van der Waals surface area contributed by atoms with Crippen LogP contribution in [0.15, 0.2) is 224 Å². The minimum atomic E-state index is 0.0464. The second-order valence-electron chi connectivity index (χ2n) is 21.5. The lowest BCUT2D eigenvalue weighted by Gasteiger charge is -2.28. The minimum absolute atomic E-state index is 0.0464. The van der Waals surface area contributed by atoms with E-state index in [0.717, 1.165) is 28.4 Å². The Balaban J connectivity index is 0.965. The van der Waals surface area contributed by atoms with Crippen molar-refractivity contribution in [2.75, 3.05) is 9.80 Å². The summed E-state index contributed by atoms with van der Waals surface area (Å²) in [5.41, 5.74) is 16.9. The molecule has 0 saturated heterocycles. The van der Waals surface area contributed by atoms with Crippen molar-refractivity contribution in [2.24, 2.45) is 0 Å². The predicted octanol–water partition coefficient (Wildman–Crippen LogP) is 20.1. The van der Waals surface area contributed by atoms with Crippen LogP contribution < -0.4 is 9.80 Å². The van der Waals surface area contributed by atoms with Gasteiger partial charge in [0.1, 0.15) is 4.83 Å². The van der Waals surface area contributed by atoms with E-state index < -0.39 is 0 Å². The quantitative estimate of drug-likeness (QED) is 0.150. The third kappa shape index (κ3) is 7.31. The first-order chi connectivity index (χ1) is 35.0. The maximum atomic E-state index is 2.56. The number of para-hydroxylation sites is 1. The predicted molar refractivity (Wildman–Crippen MR) is 312 cm³/mol. The molecule has 72 heavy (non-hydrogen) atoms. The van der Waals surface area contributed by atoms with Gasteiger partial charge in [-0.15, -0.1) is 11.3 Å². The van der Waals surface area contributed by atoms with Crippen LogP contribution in [0.1, 0.15) is 52.7 Å². The average Bonchev–Trinajstić information content (AvgIpc) is 4.06. The van der Waals surface area contributed by atoms with E-state index in [9.17, 15) is 0 Å². The number of benzene rings is 10. The SMILES string of the molecule is CC(C)(C)c1ccc(N(c2ccc(-c3ccccc3)cc2)c2ccc3cc4c(cc3c2)sc2c4c3ccc(N(c4ccc(-c5ccccc5)cc4)c4ccc(C(C)(C)C)cc4)c4c5ccccc5n2c34)cc1. The Morgan fingerprint density at radius 3 is 1.40 bits per heavy atom. The second kappa shape index (κ2) is 16.7. The van der Waals surface area contributed by atoms with Gasteiger partial charge in [-0.05, 0) is 140 Å². The molecule has 3 heterocycles. The number of nitrogens with zero attached hydrogens (tertiary/aromatic N) is 3. The lowest BCUT2D eigenvalue weighted by molar-refractivity contribution is 0.590. The molecular formula is C68H55N3S. The van der Waals surface area contributed by atoms with Gasteiger partial charge in [-0.1, -0.05) is 181 Å². The highest BCUT2D eigenvalue weighted by Gasteiger charge is 2.27. The first-order valence-corrected chi connectivity index (χ1v) is 26.0. The van der Waals surface area contributed by atoms with Crippen LogP contribution in [-0.2, 0) is 10.8 Å². The Kier molecular flexibility index (Phi) is 10.2. The van der Waals surface area contributed by atoms with E-state index in [-0.39, 0.29) is 10.8 Å². The topological polar surface area (TPSA) is 10.9 Å². The summed E-state index contributed by atoms with van der Waals surface area (Å²) in [6.07, 6.45) is 0. The fourth-order valence-electron chi connectivity index (χ4n) is 11.0. The number of hydrogen-bond acceptors (Lipinski definition) is 3. The molecule has 10 aromatic carbocycles. The van der Waals surface area contributed by atoms with Gasteiger partial charge in [0, 0.05) is 60.1 Å². The number of fused-ring (bicyclic) bond motifs is 9. The molecule has 3 aromatic heterocycles. The molecule has 348 valence electrons. The van der Waals surface area contributed by atoms with Gasteiger partial charge < -0.3 is 9.80 Å². The van der Waals surface area contributed by atoms with Gasteiger partial charge in [-0.25, -0.2) is 0 Å². The van der Waals surface area contributed by atoms with Crippen molar-refractivity contribution in [3.63, 3.8) is 0 Å². The van der Waals surface area contributed by atoms with Crippen molar-refractivity contribution in [3.05, 3.63) is 236 Å². The zero-order chi connectivity index (χ0) is 48.9. The highest BCUT2D eigenvalue weighted by Crippen LogP contribution is 2.51. The lowest BCUT2D eigenvalue weighted by atomic mass is 9.87. The molecule has 0 amide bonds. The van der Waals surface area contributed by atoms with Crippen molar-refractivity contribution in [2.45, 2.75) is 52.4 Å². The van der Waals surface area contributed by atoms with E-state index in [0.29, 0.717) is 0 Å². The van der Waals surface area contributed by atoms with Gasteiger partial charge in [-0.3, -0.25) is 4.40 Å². The summed E-state index contributed by atoms with van der Waals surface area (Å²) in [6.45, 7) is 13.7. The molecule has 0 N–H and O–H groups in total. The van der Waals surface area contributed by atoms with Crippen LogP contribution in [0.25, 0.3) is 80.5 Å². The van der Waals surface area contributed by atoms with Crippen molar-refractivity contribution in [1.82, 2.24) is 4.40 Å². The zero-order valence-electron chi connectivity index (χ0n) is 41.6. The number of aromatic nitrogens is 1. The highest BCUT2D eigenvalue weighted by atomic mass is 32.1. The molecule has 0 bridgehead atoms. The number of rotatable bonds is 8. The summed E-state index contributed by atoms with van der Waals surface area (Å²) in [6, 6.07) is 83.3. The first kappa shape index (κ1) is 43.8. The first-order valence-electron chi connectivity index (χ1n) is 25.2. The number of anilines is 6. The van der Waals surface area contributed by atoms with Crippen LogP contribution in [0.2, 0.25) is 0 Å². The molecule has 13 rings (SSSR count).